The molecule has 138 valence electrons. The maximum Gasteiger partial charge on any atom is 0.199 e. The minimum Gasteiger partial charge on any atom is -0.393 e. The largest absolute Gasteiger partial charge is 0.393 e. The molecule has 0 bridgehead atoms. The molecule has 0 saturated carbocycles. The molecular weight excluding hydrogens is 329 g/mol. The van der Waals surface area contributed by atoms with Gasteiger partial charge in [-0.3, -0.25) is 0 Å². The monoisotopic (exact) mass is 357 g/mol. The van der Waals surface area contributed by atoms with E-state index in [1.165, 1.54) is 28.0 Å². The maximum absolute atomic E-state index is 5.89. The summed E-state index contributed by atoms with van der Waals surface area (Å²) in [4.78, 5) is 0. The van der Waals surface area contributed by atoms with E-state index in [4.69, 9.17) is 11.5 Å². The lowest BCUT2D eigenvalue weighted by Gasteiger charge is -2.28. The van der Waals surface area contributed by atoms with Gasteiger partial charge in [0, 0.05) is 31.1 Å². The maximum atomic E-state index is 5.89. The molecule has 1 unspecified atom stereocenters. The van der Waals surface area contributed by atoms with Gasteiger partial charge in [-0.1, -0.05) is 54.5 Å². The Morgan fingerprint density at radius 2 is 2.00 bits per heavy atom. The highest BCUT2D eigenvalue weighted by Crippen LogP contribution is 2.31. The molecule has 0 saturated heterocycles. The van der Waals surface area contributed by atoms with Crippen molar-refractivity contribution in [2.24, 2.45) is 11.5 Å². The predicted molar refractivity (Wildman–Crippen MR) is 115 cm³/mol. The van der Waals surface area contributed by atoms with Gasteiger partial charge in [-0.2, -0.15) is 0 Å². The lowest BCUT2D eigenvalue weighted by molar-refractivity contribution is 0.698. The number of nitrogens with one attached hydrogen (secondary N) is 1. The third-order valence-electron chi connectivity index (χ3n) is 6.02. The minimum absolute atomic E-state index is 0.505. The molecule has 2 aromatic carbocycles. The highest BCUT2D eigenvalue weighted by Gasteiger charge is 2.35. The second-order valence-corrected chi connectivity index (χ2v) is 7.93. The van der Waals surface area contributed by atoms with Gasteiger partial charge in [-0.15, -0.1) is 0 Å². The Labute approximate surface area is 162 Å². The van der Waals surface area contributed by atoms with E-state index in [1.807, 2.05) is 0 Å². The molecule has 4 heteroatoms. The zero-order chi connectivity index (χ0) is 19.0. The second kappa shape index (κ2) is 7.38. The summed E-state index contributed by atoms with van der Waals surface area (Å²) in [5.74, 6) is 2.95. The fourth-order valence-electron chi connectivity index (χ4n) is 4.62. The molecule has 2 aliphatic heterocycles. The predicted octanol–water partition coefficient (Wildman–Crippen LogP) is 2.95. The quantitative estimate of drug-likeness (QED) is 0.721. The Morgan fingerprint density at radius 3 is 2.74 bits per heavy atom. The molecule has 0 aliphatic carbocycles. The minimum atomic E-state index is 0.505. The Kier molecular flexibility index (Phi) is 4.94. The van der Waals surface area contributed by atoms with E-state index in [2.05, 4.69) is 61.2 Å². The van der Waals surface area contributed by atoms with Crippen LogP contribution in [-0.2, 0) is 32.3 Å². The molecule has 3 nitrogen and oxygen atoms in total. The molecule has 4 rings (SSSR count). The van der Waals surface area contributed by atoms with E-state index in [9.17, 15) is 0 Å². The van der Waals surface area contributed by atoms with Gasteiger partial charge < -0.3 is 16.8 Å². The van der Waals surface area contributed by atoms with Crippen LogP contribution in [-0.4, -0.2) is 12.7 Å². The van der Waals surface area contributed by atoms with Crippen LogP contribution in [0, 0.1) is 0 Å². The Bertz CT molecular complexity index is 916. The van der Waals surface area contributed by atoms with E-state index in [0.717, 1.165) is 35.9 Å². The van der Waals surface area contributed by atoms with E-state index >= 15 is 0 Å². The van der Waals surface area contributed by atoms with Crippen LogP contribution in [0.25, 0.3) is 5.57 Å². The first-order valence-electron chi connectivity index (χ1n) is 9.83. The molecule has 0 aromatic heterocycles. The van der Waals surface area contributed by atoms with Crippen molar-refractivity contribution in [2.75, 3.05) is 0 Å². The Hall–Kier alpha value is -2.30. The van der Waals surface area contributed by atoms with Crippen molar-refractivity contribution in [3.05, 3.63) is 88.0 Å². The van der Waals surface area contributed by atoms with E-state index in [0.29, 0.717) is 25.7 Å². The fraction of sp³-hybridized carbons (Fsp3) is 0.304. The molecule has 2 heterocycles. The molecule has 2 aromatic rings. The number of rotatable bonds is 5. The van der Waals surface area contributed by atoms with Crippen molar-refractivity contribution in [3.8, 4) is 0 Å². The van der Waals surface area contributed by atoms with Crippen LogP contribution in [0.5, 0.6) is 0 Å². The molecule has 2 aliphatic rings. The third-order valence-corrected chi connectivity index (χ3v) is 6.02. The summed E-state index contributed by atoms with van der Waals surface area (Å²) < 4.78 is 0. The van der Waals surface area contributed by atoms with Gasteiger partial charge in [0.2, 0.25) is 0 Å². The number of fused-ring (bicyclic) bond motifs is 2. The zero-order valence-electron chi connectivity index (χ0n) is 16.1. The van der Waals surface area contributed by atoms with Gasteiger partial charge in [0.25, 0.3) is 0 Å². The van der Waals surface area contributed by atoms with E-state index in [-0.39, 0.29) is 0 Å². The van der Waals surface area contributed by atoms with Crippen LogP contribution >= 0.6 is 0 Å². The van der Waals surface area contributed by atoms with Crippen molar-refractivity contribution in [1.29, 1.82) is 0 Å². The normalized spacial score (nSPS) is 17.8. The molecule has 27 heavy (non-hydrogen) atoms. The smallest absolute Gasteiger partial charge is 0.199 e. The summed E-state index contributed by atoms with van der Waals surface area (Å²) in [5, 5.41) is 3.78. The third kappa shape index (κ3) is 3.47. The van der Waals surface area contributed by atoms with Gasteiger partial charge in [-0.25, -0.2) is 0 Å². The standard InChI is InChI=1S/C23H28BN3/c1-15(2)21-5-3-4-17-10-23-24(12-22(17)21)11-20(27-23)9-16-6-7-18(13-25)19(8-16)14-26/h3-8,11,23,27H,1,9-10,12-14,25-26H2,2H3. The number of nitrogens with two attached hydrogens (primary N) is 2. The highest BCUT2D eigenvalue weighted by atomic mass is 14.9. The molecule has 0 fully saturated rings. The topological polar surface area (TPSA) is 64.1 Å². The van der Waals surface area contributed by atoms with Crippen LogP contribution in [0.1, 0.15) is 40.3 Å². The van der Waals surface area contributed by atoms with Crippen molar-refractivity contribution in [1.82, 2.24) is 5.32 Å². The van der Waals surface area contributed by atoms with Crippen molar-refractivity contribution >= 4 is 12.3 Å². The average molecular weight is 357 g/mol. The van der Waals surface area contributed by atoms with Crippen LogP contribution in [0.15, 0.2) is 54.6 Å². The van der Waals surface area contributed by atoms with Crippen LogP contribution < -0.4 is 16.8 Å². The first-order chi connectivity index (χ1) is 13.1. The van der Waals surface area contributed by atoms with Crippen LogP contribution in [0.3, 0.4) is 0 Å². The number of hydrogen-bond acceptors (Lipinski definition) is 3. The number of benzene rings is 2. The summed E-state index contributed by atoms with van der Waals surface area (Å²) in [6.45, 7) is 7.92. The second-order valence-electron chi connectivity index (χ2n) is 7.93. The molecule has 1 atom stereocenters. The summed E-state index contributed by atoms with van der Waals surface area (Å²) in [7, 11) is 0. The van der Waals surface area contributed by atoms with E-state index in [1.54, 1.807) is 0 Å². The zero-order valence-corrected chi connectivity index (χ0v) is 16.1. The Balaban J connectivity index is 1.54. The molecule has 0 radical (unpaired) electrons. The van der Waals surface area contributed by atoms with Crippen LogP contribution in [0.2, 0.25) is 0 Å². The van der Waals surface area contributed by atoms with Gasteiger partial charge in [0.05, 0.1) is 0 Å². The lowest BCUT2D eigenvalue weighted by Crippen LogP contribution is -2.42. The first kappa shape index (κ1) is 18.1. The summed E-state index contributed by atoms with van der Waals surface area (Å²) in [5.41, 5.74) is 22.1. The molecule has 0 amide bonds. The summed E-state index contributed by atoms with van der Waals surface area (Å²) in [6, 6.07) is 13.2. The molecule has 0 spiro atoms. The lowest BCUT2D eigenvalue weighted by atomic mass is 9.39. The summed E-state index contributed by atoms with van der Waals surface area (Å²) in [6.07, 6.45) is 3.11. The van der Waals surface area contributed by atoms with Gasteiger partial charge >= 0.3 is 0 Å². The van der Waals surface area contributed by atoms with Gasteiger partial charge in [-0.05, 0) is 53.0 Å². The average Bonchev–Trinajstić information content (AvgIpc) is 3.06. The molecule has 5 N–H and O–H groups in total. The summed E-state index contributed by atoms with van der Waals surface area (Å²) >= 11 is 0. The van der Waals surface area contributed by atoms with Crippen molar-refractivity contribution in [3.63, 3.8) is 0 Å². The van der Waals surface area contributed by atoms with Crippen molar-refractivity contribution in [2.45, 2.75) is 45.1 Å². The van der Waals surface area contributed by atoms with Gasteiger partial charge in [0.15, 0.2) is 6.71 Å². The van der Waals surface area contributed by atoms with Crippen molar-refractivity contribution < 1.29 is 0 Å². The van der Waals surface area contributed by atoms with Gasteiger partial charge in [0.1, 0.15) is 0 Å². The Morgan fingerprint density at radius 1 is 1.19 bits per heavy atom. The first-order valence-corrected chi connectivity index (χ1v) is 9.83. The van der Waals surface area contributed by atoms with E-state index < -0.39 is 0 Å². The molecular formula is C23H28BN3. The number of allylic oxidation sites excluding steroid dienone is 2. The van der Waals surface area contributed by atoms with Crippen LogP contribution in [0.4, 0.5) is 0 Å². The SMILES string of the molecule is C=C(C)c1cccc2c1CB1C=C(Cc3ccc(CN)c(CN)c3)NC1C2. The fourth-order valence-corrected chi connectivity index (χ4v) is 4.62. The number of hydrogen-bond donors (Lipinski definition) is 3. The highest BCUT2D eigenvalue weighted by molar-refractivity contribution is 6.67.